The molecule has 0 bridgehead atoms. The quantitative estimate of drug-likeness (QED) is 0.849. The highest BCUT2D eigenvalue weighted by atomic mass is 35.5. The zero-order valence-corrected chi connectivity index (χ0v) is 11.3. The third-order valence-corrected chi connectivity index (χ3v) is 4.26. The molecule has 0 radical (unpaired) electrons. The SMILES string of the molecule is CCCC1CCC(N)C(c2ccc(Cl)cc2)C1. The Labute approximate surface area is 109 Å². The maximum atomic E-state index is 6.27. The van der Waals surface area contributed by atoms with E-state index in [0.29, 0.717) is 12.0 Å². The normalized spacial score (nSPS) is 29.2. The van der Waals surface area contributed by atoms with Crippen molar-refractivity contribution in [2.75, 3.05) is 0 Å². The van der Waals surface area contributed by atoms with E-state index in [4.69, 9.17) is 17.3 Å². The molecule has 2 N–H and O–H groups in total. The van der Waals surface area contributed by atoms with Gasteiger partial charge in [0.15, 0.2) is 0 Å². The van der Waals surface area contributed by atoms with Crippen molar-refractivity contribution in [3.05, 3.63) is 34.9 Å². The van der Waals surface area contributed by atoms with Crippen molar-refractivity contribution in [2.45, 2.75) is 51.0 Å². The van der Waals surface area contributed by atoms with Crippen LogP contribution in [-0.4, -0.2) is 6.04 Å². The lowest BCUT2D eigenvalue weighted by Gasteiger charge is -2.34. The summed E-state index contributed by atoms with van der Waals surface area (Å²) >= 11 is 5.93. The van der Waals surface area contributed by atoms with Gasteiger partial charge in [-0.05, 0) is 48.8 Å². The van der Waals surface area contributed by atoms with Crippen LogP contribution in [0.15, 0.2) is 24.3 Å². The maximum absolute atomic E-state index is 6.27. The van der Waals surface area contributed by atoms with Crippen molar-refractivity contribution in [3.63, 3.8) is 0 Å². The van der Waals surface area contributed by atoms with Crippen molar-refractivity contribution in [1.29, 1.82) is 0 Å². The highest BCUT2D eigenvalue weighted by Crippen LogP contribution is 2.37. The van der Waals surface area contributed by atoms with Crippen LogP contribution in [0.2, 0.25) is 5.02 Å². The Morgan fingerprint density at radius 2 is 1.94 bits per heavy atom. The molecule has 3 unspecified atom stereocenters. The predicted molar refractivity (Wildman–Crippen MR) is 74.4 cm³/mol. The Kier molecular flexibility index (Phi) is 4.47. The number of benzene rings is 1. The van der Waals surface area contributed by atoms with E-state index in [1.165, 1.54) is 31.2 Å². The summed E-state index contributed by atoms with van der Waals surface area (Å²) in [6.07, 6.45) is 6.34. The molecule has 1 saturated carbocycles. The molecule has 2 heteroatoms. The minimum Gasteiger partial charge on any atom is -0.327 e. The predicted octanol–water partition coefficient (Wildman–Crippen LogP) is 4.35. The van der Waals surface area contributed by atoms with Gasteiger partial charge in [-0.15, -0.1) is 0 Å². The van der Waals surface area contributed by atoms with Gasteiger partial charge in [0.2, 0.25) is 0 Å². The van der Waals surface area contributed by atoms with Gasteiger partial charge in [0.05, 0.1) is 0 Å². The molecule has 1 fully saturated rings. The topological polar surface area (TPSA) is 26.0 Å². The molecule has 0 spiro atoms. The first-order valence-corrected chi connectivity index (χ1v) is 7.09. The van der Waals surface area contributed by atoms with Gasteiger partial charge < -0.3 is 5.73 Å². The van der Waals surface area contributed by atoms with E-state index in [9.17, 15) is 0 Å². The fourth-order valence-corrected chi connectivity index (χ4v) is 3.17. The molecule has 94 valence electrons. The molecule has 1 aromatic rings. The molecule has 0 heterocycles. The van der Waals surface area contributed by atoms with Gasteiger partial charge in [0.25, 0.3) is 0 Å². The monoisotopic (exact) mass is 251 g/mol. The summed E-state index contributed by atoms with van der Waals surface area (Å²) < 4.78 is 0. The zero-order chi connectivity index (χ0) is 12.3. The van der Waals surface area contributed by atoms with Crippen molar-refractivity contribution >= 4 is 11.6 Å². The molecule has 1 aliphatic carbocycles. The largest absolute Gasteiger partial charge is 0.327 e. The smallest absolute Gasteiger partial charge is 0.0406 e. The lowest BCUT2D eigenvalue weighted by atomic mass is 9.74. The van der Waals surface area contributed by atoms with Crippen molar-refractivity contribution in [1.82, 2.24) is 0 Å². The van der Waals surface area contributed by atoms with E-state index in [-0.39, 0.29) is 0 Å². The first kappa shape index (κ1) is 12.9. The van der Waals surface area contributed by atoms with E-state index >= 15 is 0 Å². The van der Waals surface area contributed by atoms with Crippen molar-refractivity contribution in [2.24, 2.45) is 11.7 Å². The summed E-state index contributed by atoms with van der Waals surface area (Å²) in [5.74, 6) is 1.39. The molecule has 1 aromatic carbocycles. The van der Waals surface area contributed by atoms with E-state index in [1.54, 1.807) is 0 Å². The standard InChI is InChI=1S/C15H22ClN/c1-2-3-11-4-9-15(17)14(10-11)12-5-7-13(16)8-6-12/h5-8,11,14-15H,2-4,9-10,17H2,1H3. The first-order valence-electron chi connectivity index (χ1n) is 6.71. The molecular weight excluding hydrogens is 230 g/mol. The van der Waals surface area contributed by atoms with Crippen LogP contribution < -0.4 is 5.73 Å². The average molecular weight is 252 g/mol. The second kappa shape index (κ2) is 5.88. The average Bonchev–Trinajstić information content (AvgIpc) is 2.33. The Hall–Kier alpha value is -0.530. The second-order valence-corrected chi connectivity index (χ2v) is 5.73. The summed E-state index contributed by atoms with van der Waals surface area (Å²) in [5, 5.41) is 0.809. The summed E-state index contributed by atoms with van der Waals surface area (Å²) in [7, 11) is 0. The van der Waals surface area contributed by atoms with Gasteiger partial charge in [-0.25, -0.2) is 0 Å². The summed E-state index contributed by atoms with van der Waals surface area (Å²) in [6, 6.07) is 8.56. The lowest BCUT2D eigenvalue weighted by Crippen LogP contribution is -2.34. The zero-order valence-electron chi connectivity index (χ0n) is 10.5. The minimum absolute atomic E-state index is 0.323. The molecule has 0 amide bonds. The molecule has 0 saturated heterocycles. The van der Waals surface area contributed by atoms with Gasteiger partial charge in [-0.2, -0.15) is 0 Å². The highest BCUT2D eigenvalue weighted by Gasteiger charge is 2.28. The molecular formula is C15H22ClN. The second-order valence-electron chi connectivity index (χ2n) is 5.29. The van der Waals surface area contributed by atoms with E-state index in [1.807, 2.05) is 12.1 Å². The van der Waals surface area contributed by atoms with Crippen LogP contribution in [0.3, 0.4) is 0 Å². The minimum atomic E-state index is 0.323. The van der Waals surface area contributed by atoms with Crippen LogP contribution in [0, 0.1) is 5.92 Å². The fraction of sp³-hybridized carbons (Fsp3) is 0.600. The number of hydrogen-bond donors (Lipinski definition) is 1. The fourth-order valence-electron chi connectivity index (χ4n) is 3.04. The van der Waals surface area contributed by atoms with Crippen LogP contribution in [0.1, 0.15) is 50.5 Å². The number of hydrogen-bond acceptors (Lipinski definition) is 1. The molecule has 0 aromatic heterocycles. The number of nitrogens with two attached hydrogens (primary N) is 1. The van der Waals surface area contributed by atoms with E-state index < -0.39 is 0 Å². The molecule has 0 aliphatic heterocycles. The summed E-state index contributed by atoms with van der Waals surface area (Å²) in [5.41, 5.74) is 7.64. The Morgan fingerprint density at radius 1 is 1.24 bits per heavy atom. The maximum Gasteiger partial charge on any atom is 0.0406 e. The van der Waals surface area contributed by atoms with Gasteiger partial charge in [-0.1, -0.05) is 43.5 Å². The molecule has 1 nitrogen and oxygen atoms in total. The Balaban J connectivity index is 2.09. The third kappa shape index (κ3) is 3.23. The van der Waals surface area contributed by atoms with Crippen molar-refractivity contribution < 1.29 is 0 Å². The van der Waals surface area contributed by atoms with Gasteiger partial charge in [0.1, 0.15) is 0 Å². The Morgan fingerprint density at radius 3 is 2.59 bits per heavy atom. The van der Waals surface area contributed by atoms with E-state index in [0.717, 1.165) is 17.4 Å². The summed E-state index contributed by atoms with van der Waals surface area (Å²) in [6.45, 7) is 2.27. The lowest BCUT2D eigenvalue weighted by molar-refractivity contribution is 0.274. The van der Waals surface area contributed by atoms with Gasteiger partial charge in [-0.3, -0.25) is 0 Å². The molecule has 2 rings (SSSR count). The molecule has 3 atom stereocenters. The van der Waals surface area contributed by atoms with Crippen LogP contribution >= 0.6 is 11.6 Å². The molecule has 1 aliphatic rings. The van der Waals surface area contributed by atoms with Crippen LogP contribution in [-0.2, 0) is 0 Å². The van der Waals surface area contributed by atoms with Crippen LogP contribution in [0.5, 0.6) is 0 Å². The number of halogens is 1. The van der Waals surface area contributed by atoms with Gasteiger partial charge in [0, 0.05) is 11.1 Å². The van der Waals surface area contributed by atoms with Crippen molar-refractivity contribution in [3.8, 4) is 0 Å². The van der Waals surface area contributed by atoms with E-state index in [2.05, 4.69) is 19.1 Å². The van der Waals surface area contributed by atoms with Crippen LogP contribution in [0.25, 0.3) is 0 Å². The number of rotatable bonds is 3. The Bertz CT molecular complexity index is 346. The van der Waals surface area contributed by atoms with Gasteiger partial charge >= 0.3 is 0 Å². The summed E-state index contributed by atoms with van der Waals surface area (Å²) in [4.78, 5) is 0. The molecule has 17 heavy (non-hydrogen) atoms. The van der Waals surface area contributed by atoms with Crippen LogP contribution in [0.4, 0.5) is 0 Å². The first-order chi connectivity index (χ1) is 8.20. The highest BCUT2D eigenvalue weighted by molar-refractivity contribution is 6.30. The third-order valence-electron chi connectivity index (χ3n) is 4.01.